The van der Waals surface area contributed by atoms with E-state index >= 15 is 0 Å². The van der Waals surface area contributed by atoms with Crippen LogP contribution in [0.3, 0.4) is 0 Å². The number of halogens is 1. The van der Waals surface area contributed by atoms with E-state index in [1.165, 1.54) is 23.1 Å². The quantitative estimate of drug-likeness (QED) is 0.339. The van der Waals surface area contributed by atoms with Gasteiger partial charge in [0.1, 0.15) is 17.4 Å². The maximum absolute atomic E-state index is 12.3. The van der Waals surface area contributed by atoms with Gasteiger partial charge in [-0.15, -0.1) is 27.0 Å². The Hall–Kier alpha value is -2.43. The molecule has 11 heteroatoms. The first-order valence-electron chi connectivity index (χ1n) is 9.58. The van der Waals surface area contributed by atoms with Crippen LogP contribution in [0, 0.1) is 13.8 Å². The molecule has 164 valence electrons. The smallest absolute Gasteiger partial charge is 0.236 e. The highest BCUT2D eigenvalue weighted by molar-refractivity contribution is 7.99. The van der Waals surface area contributed by atoms with Crippen molar-refractivity contribution in [2.75, 3.05) is 11.1 Å². The Bertz CT molecular complexity index is 1060. The number of ether oxygens (including phenoxy) is 1. The molecule has 2 heterocycles. The van der Waals surface area contributed by atoms with Crippen LogP contribution in [0.25, 0.3) is 0 Å². The summed E-state index contributed by atoms with van der Waals surface area (Å²) in [7, 11) is 0. The number of hydrogen-bond donors (Lipinski definition) is 1. The maximum atomic E-state index is 12.3. The fraction of sp³-hybridized carbons (Fsp3) is 0.350. The van der Waals surface area contributed by atoms with Gasteiger partial charge in [0.25, 0.3) is 0 Å². The fourth-order valence-electron chi connectivity index (χ4n) is 2.71. The van der Waals surface area contributed by atoms with E-state index in [2.05, 4.69) is 32.3 Å². The lowest BCUT2D eigenvalue weighted by Crippen LogP contribution is -2.15. The maximum Gasteiger partial charge on any atom is 0.236 e. The van der Waals surface area contributed by atoms with Crippen LogP contribution in [-0.2, 0) is 24.4 Å². The van der Waals surface area contributed by atoms with E-state index in [0.717, 1.165) is 27.6 Å². The van der Waals surface area contributed by atoms with Gasteiger partial charge >= 0.3 is 0 Å². The lowest BCUT2D eigenvalue weighted by Gasteiger charge is -2.11. The van der Waals surface area contributed by atoms with Crippen molar-refractivity contribution in [2.24, 2.45) is 0 Å². The summed E-state index contributed by atoms with van der Waals surface area (Å²) in [6.07, 6.45) is 2.54. The van der Waals surface area contributed by atoms with Gasteiger partial charge in [-0.25, -0.2) is 0 Å². The van der Waals surface area contributed by atoms with E-state index in [4.69, 9.17) is 16.3 Å². The summed E-state index contributed by atoms with van der Waals surface area (Å²) >= 11 is 8.88. The van der Waals surface area contributed by atoms with Crippen molar-refractivity contribution in [2.45, 2.75) is 45.5 Å². The van der Waals surface area contributed by atoms with Gasteiger partial charge in [-0.1, -0.05) is 47.7 Å². The minimum absolute atomic E-state index is 0.173. The number of nitrogens with one attached hydrogen (secondary N) is 1. The highest BCUT2D eigenvalue weighted by atomic mass is 35.5. The second-order valence-electron chi connectivity index (χ2n) is 6.65. The van der Waals surface area contributed by atoms with Crippen LogP contribution in [-0.4, -0.2) is 36.6 Å². The molecule has 2 aromatic heterocycles. The van der Waals surface area contributed by atoms with E-state index in [1.54, 1.807) is 6.08 Å². The Morgan fingerprint density at radius 1 is 1.29 bits per heavy atom. The Balaban J connectivity index is 1.62. The molecule has 0 atom stereocenters. The summed E-state index contributed by atoms with van der Waals surface area (Å²) in [5, 5.41) is 21.9. The number of allylic oxidation sites excluding steroid dienone is 1. The van der Waals surface area contributed by atoms with Crippen LogP contribution in [0.5, 0.6) is 5.75 Å². The van der Waals surface area contributed by atoms with Crippen molar-refractivity contribution in [3.8, 4) is 5.75 Å². The molecule has 0 fully saturated rings. The van der Waals surface area contributed by atoms with Crippen LogP contribution < -0.4 is 10.1 Å². The standard InChI is InChI=1S/C20H23ClN6O2S2/c1-5-7-27-15(10-29-14-8-12(3)18(21)13(4)9-14)23-26-20(27)30-11-16(28)22-19-25-24-17(6-2)31-19/h5,8-9H,1,6-7,10-11H2,2-4H3,(H,22,25,28). The first kappa shape index (κ1) is 23.2. The third-order valence-electron chi connectivity index (χ3n) is 4.23. The minimum Gasteiger partial charge on any atom is -0.486 e. The number of amides is 1. The molecule has 1 amide bonds. The molecule has 1 N–H and O–H groups in total. The van der Waals surface area contributed by atoms with Crippen LogP contribution in [0.1, 0.15) is 28.9 Å². The van der Waals surface area contributed by atoms with Gasteiger partial charge in [0.15, 0.2) is 11.0 Å². The molecule has 0 radical (unpaired) electrons. The lowest BCUT2D eigenvalue weighted by molar-refractivity contribution is -0.113. The molecule has 31 heavy (non-hydrogen) atoms. The number of rotatable bonds is 10. The first-order chi connectivity index (χ1) is 14.9. The molecule has 0 aliphatic rings. The summed E-state index contributed by atoms with van der Waals surface area (Å²) in [6, 6.07) is 3.78. The SMILES string of the molecule is C=CCn1c(COc2cc(C)c(Cl)c(C)c2)nnc1SCC(=O)Nc1nnc(CC)s1. The molecule has 0 saturated carbocycles. The van der Waals surface area contributed by atoms with Crippen LogP contribution in [0.2, 0.25) is 5.02 Å². The number of anilines is 1. The largest absolute Gasteiger partial charge is 0.486 e. The number of carbonyl (C=O) groups excluding carboxylic acids is 1. The average Bonchev–Trinajstić information content (AvgIpc) is 3.35. The van der Waals surface area contributed by atoms with E-state index in [-0.39, 0.29) is 18.3 Å². The third kappa shape index (κ3) is 6.05. The Kier molecular flexibility index (Phi) is 8.05. The lowest BCUT2D eigenvalue weighted by atomic mass is 10.1. The number of nitrogens with zero attached hydrogens (tertiary/aromatic N) is 5. The zero-order valence-corrected chi connectivity index (χ0v) is 19.9. The zero-order valence-electron chi connectivity index (χ0n) is 17.5. The topological polar surface area (TPSA) is 94.8 Å². The molecule has 0 spiro atoms. The van der Waals surface area contributed by atoms with Crippen LogP contribution in [0.15, 0.2) is 29.9 Å². The van der Waals surface area contributed by atoms with Crippen LogP contribution in [0.4, 0.5) is 5.13 Å². The van der Waals surface area contributed by atoms with Gasteiger partial charge in [-0.05, 0) is 43.5 Å². The normalized spacial score (nSPS) is 10.8. The van der Waals surface area contributed by atoms with Gasteiger partial charge in [-0.2, -0.15) is 0 Å². The van der Waals surface area contributed by atoms with E-state index < -0.39 is 0 Å². The summed E-state index contributed by atoms with van der Waals surface area (Å²) in [5.41, 5.74) is 1.90. The number of thioether (sulfide) groups is 1. The Morgan fingerprint density at radius 2 is 2.03 bits per heavy atom. The van der Waals surface area contributed by atoms with Gasteiger partial charge in [0.2, 0.25) is 11.0 Å². The zero-order chi connectivity index (χ0) is 22.4. The molecule has 3 aromatic rings. The third-order valence-corrected chi connectivity index (χ3v) is 6.78. The predicted octanol–water partition coefficient (Wildman–Crippen LogP) is 4.46. The average molecular weight is 479 g/mol. The number of carbonyl (C=O) groups is 1. The molecule has 0 unspecified atom stereocenters. The van der Waals surface area contributed by atoms with Crippen molar-refractivity contribution < 1.29 is 9.53 Å². The van der Waals surface area contributed by atoms with E-state index in [1.807, 2.05) is 37.5 Å². The molecular weight excluding hydrogens is 456 g/mol. The molecule has 8 nitrogen and oxygen atoms in total. The van der Waals surface area contributed by atoms with Crippen LogP contribution >= 0.6 is 34.7 Å². The van der Waals surface area contributed by atoms with E-state index in [0.29, 0.717) is 28.4 Å². The second kappa shape index (κ2) is 10.7. The Labute approximate surface area is 194 Å². The van der Waals surface area contributed by atoms with Gasteiger partial charge < -0.3 is 4.74 Å². The van der Waals surface area contributed by atoms with E-state index in [9.17, 15) is 4.79 Å². The van der Waals surface area contributed by atoms with Crippen molar-refractivity contribution >= 4 is 45.7 Å². The summed E-state index contributed by atoms with van der Waals surface area (Å²) in [5.74, 6) is 1.35. The number of benzene rings is 1. The molecule has 0 bridgehead atoms. The predicted molar refractivity (Wildman–Crippen MR) is 124 cm³/mol. The molecule has 0 saturated heterocycles. The minimum atomic E-state index is -0.179. The van der Waals surface area contributed by atoms with Gasteiger partial charge in [-0.3, -0.25) is 14.7 Å². The molecule has 1 aromatic carbocycles. The summed E-state index contributed by atoms with van der Waals surface area (Å²) in [6.45, 7) is 10.4. The van der Waals surface area contributed by atoms with Gasteiger partial charge in [0, 0.05) is 11.6 Å². The summed E-state index contributed by atoms with van der Waals surface area (Å²) < 4.78 is 7.78. The second-order valence-corrected chi connectivity index (χ2v) is 9.03. The summed E-state index contributed by atoms with van der Waals surface area (Å²) in [4.78, 5) is 12.3. The highest BCUT2D eigenvalue weighted by Crippen LogP contribution is 2.27. The first-order valence-corrected chi connectivity index (χ1v) is 11.8. The molecule has 3 rings (SSSR count). The number of hydrogen-bond acceptors (Lipinski definition) is 8. The molecule has 0 aliphatic heterocycles. The number of aromatic nitrogens is 5. The number of aryl methyl sites for hydroxylation is 3. The van der Waals surface area contributed by atoms with Crippen molar-refractivity contribution in [1.82, 2.24) is 25.0 Å². The monoisotopic (exact) mass is 478 g/mol. The van der Waals surface area contributed by atoms with Crippen molar-refractivity contribution in [3.05, 3.63) is 51.8 Å². The Morgan fingerprint density at radius 3 is 2.68 bits per heavy atom. The van der Waals surface area contributed by atoms with Gasteiger partial charge in [0.05, 0.1) is 5.75 Å². The molecular formula is C20H23ClN6O2S2. The molecule has 0 aliphatic carbocycles. The fourth-order valence-corrected chi connectivity index (χ4v) is 4.29. The highest BCUT2D eigenvalue weighted by Gasteiger charge is 2.15. The van der Waals surface area contributed by atoms with Crippen molar-refractivity contribution in [1.29, 1.82) is 0 Å². The van der Waals surface area contributed by atoms with Crippen molar-refractivity contribution in [3.63, 3.8) is 0 Å².